The SMILES string of the molecule is COc1cc(C[C@@]2(O)CC[C@H](c3ccc(O[C@H]4[C@H](O)[C@@H](O)[C@H](O)O[C@@H]4CO)c(OC)c3)[C@H]2CO)ccc1O. The quantitative estimate of drug-likeness (QED) is 0.230. The molecule has 0 amide bonds. The Kier molecular flexibility index (Phi) is 8.68. The number of aliphatic hydroxyl groups is 6. The van der Waals surface area contributed by atoms with Crippen LogP contribution in [0.25, 0.3) is 0 Å². The summed E-state index contributed by atoms with van der Waals surface area (Å²) in [4.78, 5) is 0. The number of aromatic hydroxyl groups is 1. The van der Waals surface area contributed by atoms with Crippen LogP contribution < -0.4 is 14.2 Å². The summed E-state index contributed by atoms with van der Waals surface area (Å²) < 4.78 is 21.7. The third-order valence-corrected chi connectivity index (χ3v) is 7.73. The van der Waals surface area contributed by atoms with Crippen LogP contribution in [0.2, 0.25) is 0 Å². The van der Waals surface area contributed by atoms with Crippen molar-refractivity contribution in [2.24, 2.45) is 5.92 Å². The number of phenolic OH excluding ortho intramolecular Hbond substituents is 1. The lowest BCUT2D eigenvalue weighted by molar-refractivity contribution is -0.282. The molecule has 11 nitrogen and oxygen atoms in total. The predicted octanol–water partition coefficient (Wildman–Crippen LogP) is 0.0478. The fourth-order valence-electron chi connectivity index (χ4n) is 5.64. The highest BCUT2D eigenvalue weighted by atomic mass is 16.7. The molecule has 7 N–H and O–H groups in total. The maximum Gasteiger partial charge on any atom is 0.184 e. The van der Waals surface area contributed by atoms with Crippen molar-refractivity contribution < 1.29 is 54.7 Å². The van der Waals surface area contributed by atoms with Gasteiger partial charge in [-0.3, -0.25) is 0 Å². The molecular formula is C27H36O11. The maximum atomic E-state index is 11.6. The third kappa shape index (κ3) is 5.41. The van der Waals surface area contributed by atoms with Gasteiger partial charge in [0.15, 0.2) is 35.4 Å². The molecule has 0 unspecified atom stereocenters. The number of phenols is 1. The highest BCUT2D eigenvalue weighted by Crippen LogP contribution is 2.49. The zero-order valence-corrected chi connectivity index (χ0v) is 21.3. The van der Waals surface area contributed by atoms with Crippen LogP contribution in [0, 0.1) is 5.92 Å². The van der Waals surface area contributed by atoms with Gasteiger partial charge in [-0.15, -0.1) is 0 Å². The average Bonchev–Trinajstić information content (AvgIpc) is 3.25. The van der Waals surface area contributed by atoms with Gasteiger partial charge in [-0.1, -0.05) is 12.1 Å². The lowest BCUT2D eigenvalue weighted by Gasteiger charge is -2.40. The molecule has 0 radical (unpaired) electrons. The lowest BCUT2D eigenvalue weighted by atomic mass is 9.79. The van der Waals surface area contributed by atoms with Crippen molar-refractivity contribution in [2.75, 3.05) is 27.4 Å². The minimum atomic E-state index is -1.66. The zero-order valence-electron chi connectivity index (χ0n) is 21.3. The van der Waals surface area contributed by atoms with Crippen molar-refractivity contribution in [1.82, 2.24) is 0 Å². The van der Waals surface area contributed by atoms with Gasteiger partial charge in [0.1, 0.15) is 18.3 Å². The van der Waals surface area contributed by atoms with Crippen molar-refractivity contribution in [3.63, 3.8) is 0 Å². The summed E-state index contributed by atoms with van der Waals surface area (Å²) in [6.07, 6.45) is -5.77. The number of rotatable bonds is 9. The van der Waals surface area contributed by atoms with E-state index in [0.29, 0.717) is 24.3 Å². The number of benzene rings is 2. The summed E-state index contributed by atoms with van der Waals surface area (Å²) in [5.74, 6) is 0.156. The standard InChI is InChI=1S/C27H36O11/c1-35-20-9-14(3-5-18(20)30)11-27(34)8-7-16(17(27)12-28)15-4-6-19(21(10-15)36-2)37-25-22(13-29)38-26(33)24(32)23(25)31/h3-6,9-10,16-17,22-26,28-34H,7-8,11-13H2,1-2H3/t16-,17-,22-,23-,24-,25-,26-,27+/m1/s1. The van der Waals surface area contributed by atoms with E-state index in [1.54, 1.807) is 30.3 Å². The maximum absolute atomic E-state index is 11.6. The van der Waals surface area contributed by atoms with Gasteiger partial charge in [0.25, 0.3) is 0 Å². The molecule has 1 heterocycles. The fourth-order valence-corrected chi connectivity index (χ4v) is 5.64. The summed E-state index contributed by atoms with van der Waals surface area (Å²) >= 11 is 0. The molecule has 2 aromatic carbocycles. The molecule has 0 bridgehead atoms. The first-order chi connectivity index (χ1) is 18.1. The van der Waals surface area contributed by atoms with E-state index in [2.05, 4.69) is 0 Å². The van der Waals surface area contributed by atoms with Gasteiger partial charge < -0.3 is 54.7 Å². The van der Waals surface area contributed by atoms with Crippen molar-refractivity contribution >= 4 is 0 Å². The molecule has 1 saturated heterocycles. The number of ether oxygens (including phenoxy) is 4. The molecule has 2 aliphatic rings. The molecule has 1 aliphatic heterocycles. The van der Waals surface area contributed by atoms with E-state index in [1.807, 2.05) is 0 Å². The van der Waals surface area contributed by atoms with Crippen LogP contribution in [0.5, 0.6) is 23.0 Å². The van der Waals surface area contributed by atoms with Gasteiger partial charge in [-0.25, -0.2) is 0 Å². The minimum Gasteiger partial charge on any atom is -0.504 e. The second kappa shape index (κ2) is 11.6. The monoisotopic (exact) mass is 536 g/mol. The molecule has 8 atom stereocenters. The number of methoxy groups -OCH3 is 2. The Labute approximate surface area is 220 Å². The van der Waals surface area contributed by atoms with Crippen LogP contribution in [0.1, 0.15) is 29.9 Å². The van der Waals surface area contributed by atoms with E-state index in [0.717, 1.165) is 11.1 Å². The van der Waals surface area contributed by atoms with E-state index in [1.165, 1.54) is 20.3 Å². The second-order valence-electron chi connectivity index (χ2n) is 9.94. The van der Waals surface area contributed by atoms with Gasteiger partial charge in [0.05, 0.1) is 26.4 Å². The highest BCUT2D eigenvalue weighted by Gasteiger charge is 2.48. The average molecular weight is 537 g/mol. The topological polar surface area (TPSA) is 179 Å². The van der Waals surface area contributed by atoms with Gasteiger partial charge in [0.2, 0.25) is 0 Å². The lowest BCUT2D eigenvalue weighted by Crippen LogP contribution is -2.60. The predicted molar refractivity (Wildman–Crippen MR) is 133 cm³/mol. The first-order valence-corrected chi connectivity index (χ1v) is 12.5. The van der Waals surface area contributed by atoms with Crippen LogP contribution in [0.4, 0.5) is 0 Å². The Morgan fingerprint density at radius 1 is 0.921 bits per heavy atom. The molecule has 1 aliphatic carbocycles. The Bertz CT molecular complexity index is 1090. The van der Waals surface area contributed by atoms with E-state index in [4.69, 9.17) is 18.9 Å². The number of hydrogen-bond donors (Lipinski definition) is 7. The molecule has 0 spiro atoms. The van der Waals surface area contributed by atoms with E-state index >= 15 is 0 Å². The van der Waals surface area contributed by atoms with Crippen LogP contribution in [-0.2, 0) is 11.2 Å². The minimum absolute atomic E-state index is 0.00366. The zero-order chi connectivity index (χ0) is 27.6. The van der Waals surface area contributed by atoms with Crippen LogP contribution in [-0.4, -0.2) is 99.5 Å². The first kappa shape index (κ1) is 28.4. The van der Waals surface area contributed by atoms with Gasteiger partial charge in [-0.05, 0) is 54.2 Å². The third-order valence-electron chi connectivity index (χ3n) is 7.73. The highest BCUT2D eigenvalue weighted by molar-refractivity contribution is 5.45. The van der Waals surface area contributed by atoms with Crippen LogP contribution >= 0.6 is 0 Å². The first-order valence-electron chi connectivity index (χ1n) is 12.5. The number of hydrogen-bond acceptors (Lipinski definition) is 11. The molecule has 4 rings (SSSR count). The Morgan fingerprint density at radius 3 is 2.32 bits per heavy atom. The summed E-state index contributed by atoms with van der Waals surface area (Å²) in [7, 11) is 2.89. The van der Waals surface area contributed by atoms with Crippen molar-refractivity contribution in [3.05, 3.63) is 47.5 Å². The Hall–Kier alpha value is -2.64. The summed E-state index contributed by atoms with van der Waals surface area (Å²) in [5, 5.41) is 71.5. The molecule has 210 valence electrons. The van der Waals surface area contributed by atoms with Gasteiger partial charge >= 0.3 is 0 Å². The summed E-state index contributed by atoms with van der Waals surface area (Å²) in [5.41, 5.74) is 0.377. The van der Waals surface area contributed by atoms with E-state index in [9.17, 15) is 35.7 Å². The molecule has 11 heteroatoms. The smallest absolute Gasteiger partial charge is 0.184 e. The second-order valence-corrected chi connectivity index (χ2v) is 9.94. The number of aliphatic hydroxyl groups excluding tert-OH is 5. The van der Waals surface area contributed by atoms with Gasteiger partial charge in [-0.2, -0.15) is 0 Å². The Balaban J connectivity index is 1.55. The van der Waals surface area contributed by atoms with Crippen LogP contribution in [0.3, 0.4) is 0 Å². The van der Waals surface area contributed by atoms with Crippen molar-refractivity contribution in [2.45, 2.75) is 61.5 Å². The van der Waals surface area contributed by atoms with Crippen molar-refractivity contribution in [3.8, 4) is 23.0 Å². The molecule has 1 saturated carbocycles. The molecule has 2 aromatic rings. The Morgan fingerprint density at radius 2 is 1.66 bits per heavy atom. The van der Waals surface area contributed by atoms with Crippen LogP contribution in [0.15, 0.2) is 36.4 Å². The van der Waals surface area contributed by atoms with E-state index in [-0.39, 0.29) is 30.4 Å². The molecule has 38 heavy (non-hydrogen) atoms. The molecule has 0 aromatic heterocycles. The van der Waals surface area contributed by atoms with Crippen molar-refractivity contribution in [1.29, 1.82) is 0 Å². The molecule has 2 fully saturated rings. The van der Waals surface area contributed by atoms with Gasteiger partial charge in [0, 0.05) is 18.9 Å². The van der Waals surface area contributed by atoms with E-state index < -0.39 is 48.8 Å². The largest absolute Gasteiger partial charge is 0.504 e. The normalized spacial score (nSPS) is 33.2. The molecular weight excluding hydrogens is 500 g/mol. The fraction of sp³-hybridized carbons (Fsp3) is 0.556. The summed E-state index contributed by atoms with van der Waals surface area (Å²) in [6, 6.07) is 10.0. The summed E-state index contributed by atoms with van der Waals surface area (Å²) in [6.45, 7) is -0.807.